The van der Waals surface area contributed by atoms with Crippen LogP contribution in [0.5, 0.6) is 0 Å². The Morgan fingerprint density at radius 3 is 2.44 bits per heavy atom. The number of nitrogens with one attached hydrogen (secondary N) is 2. The molecule has 2 atom stereocenters. The van der Waals surface area contributed by atoms with Gasteiger partial charge in [0.2, 0.25) is 5.91 Å². The van der Waals surface area contributed by atoms with E-state index in [0.717, 1.165) is 23.8 Å². The Morgan fingerprint density at radius 2 is 1.78 bits per heavy atom. The molecule has 27 heavy (non-hydrogen) atoms. The molecular weight excluding hydrogens is 352 g/mol. The summed E-state index contributed by atoms with van der Waals surface area (Å²) in [7, 11) is 1.52. The third kappa shape index (κ3) is 5.26. The summed E-state index contributed by atoms with van der Waals surface area (Å²) >= 11 is 0. The SMILES string of the molecule is CC(=O)Nc1cccc(C(C)NC(=O)N(C)C(C)c2cc(F)ccc2F)c1. The highest BCUT2D eigenvalue weighted by atomic mass is 19.1. The molecule has 5 nitrogen and oxygen atoms in total. The Bertz CT molecular complexity index is 842. The third-order valence-electron chi connectivity index (χ3n) is 4.36. The number of anilines is 1. The average molecular weight is 375 g/mol. The van der Waals surface area contributed by atoms with Crippen molar-refractivity contribution in [1.29, 1.82) is 0 Å². The van der Waals surface area contributed by atoms with Crippen molar-refractivity contribution in [1.82, 2.24) is 10.2 Å². The van der Waals surface area contributed by atoms with E-state index in [1.807, 2.05) is 6.07 Å². The lowest BCUT2D eigenvalue weighted by Crippen LogP contribution is -2.40. The van der Waals surface area contributed by atoms with Gasteiger partial charge in [0.05, 0.1) is 12.1 Å². The number of halogens is 2. The van der Waals surface area contributed by atoms with Crippen LogP contribution in [-0.4, -0.2) is 23.9 Å². The number of hydrogen-bond donors (Lipinski definition) is 2. The van der Waals surface area contributed by atoms with Crippen molar-refractivity contribution in [2.24, 2.45) is 0 Å². The number of amides is 3. The van der Waals surface area contributed by atoms with Crippen LogP contribution in [-0.2, 0) is 4.79 Å². The average Bonchev–Trinajstić information content (AvgIpc) is 2.62. The van der Waals surface area contributed by atoms with Gasteiger partial charge in [0, 0.05) is 25.2 Å². The van der Waals surface area contributed by atoms with Gasteiger partial charge in [0.25, 0.3) is 0 Å². The minimum absolute atomic E-state index is 0.105. The van der Waals surface area contributed by atoms with E-state index in [4.69, 9.17) is 0 Å². The van der Waals surface area contributed by atoms with Crippen LogP contribution in [0.4, 0.5) is 19.3 Å². The normalized spacial score (nSPS) is 12.8. The number of hydrogen-bond acceptors (Lipinski definition) is 2. The van der Waals surface area contributed by atoms with Crippen LogP contribution in [0.1, 0.15) is 44.0 Å². The van der Waals surface area contributed by atoms with Crippen LogP contribution < -0.4 is 10.6 Å². The van der Waals surface area contributed by atoms with E-state index in [1.54, 1.807) is 32.0 Å². The first kappa shape index (κ1) is 20.4. The summed E-state index contributed by atoms with van der Waals surface area (Å²) in [4.78, 5) is 25.0. The standard InChI is InChI=1S/C20H23F2N3O2/c1-12(15-6-5-7-17(10-15)24-14(3)26)23-20(27)25(4)13(2)18-11-16(21)8-9-19(18)22/h5-13H,1-4H3,(H,23,27)(H,24,26). The molecule has 2 unspecified atom stereocenters. The van der Waals surface area contributed by atoms with Crippen molar-refractivity contribution in [3.63, 3.8) is 0 Å². The van der Waals surface area contributed by atoms with Crippen LogP contribution in [0.2, 0.25) is 0 Å². The van der Waals surface area contributed by atoms with Crippen molar-refractivity contribution < 1.29 is 18.4 Å². The summed E-state index contributed by atoms with van der Waals surface area (Å²) < 4.78 is 27.4. The van der Waals surface area contributed by atoms with Crippen LogP contribution in [0, 0.1) is 11.6 Å². The summed E-state index contributed by atoms with van der Waals surface area (Å²) in [6.07, 6.45) is 0. The molecule has 0 bridgehead atoms. The van der Waals surface area contributed by atoms with Crippen molar-refractivity contribution in [2.45, 2.75) is 32.9 Å². The van der Waals surface area contributed by atoms with Gasteiger partial charge in [-0.2, -0.15) is 0 Å². The highest BCUT2D eigenvalue weighted by Crippen LogP contribution is 2.24. The van der Waals surface area contributed by atoms with Crippen molar-refractivity contribution in [3.05, 3.63) is 65.2 Å². The lowest BCUT2D eigenvalue weighted by molar-refractivity contribution is -0.114. The molecule has 7 heteroatoms. The Labute approximate surface area is 157 Å². The molecule has 3 amide bonds. The number of carbonyl (C=O) groups is 2. The van der Waals surface area contributed by atoms with Gasteiger partial charge in [-0.05, 0) is 49.7 Å². The molecule has 0 aliphatic rings. The maximum Gasteiger partial charge on any atom is 0.318 e. The number of nitrogens with zero attached hydrogens (tertiary/aromatic N) is 1. The first-order valence-electron chi connectivity index (χ1n) is 8.55. The molecule has 0 saturated heterocycles. The fraction of sp³-hybridized carbons (Fsp3) is 0.300. The van der Waals surface area contributed by atoms with Gasteiger partial charge in [-0.25, -0.2) is 13.6 Å². The topological polar surface area (TPSA) is 61.4 Å². The number of carbonyl (C=O) groups excluding carboxylic acids is 2. The van der Waals surface area contributed by atoms with Crippen LogP contribution in [0.3, 0.4) is 0 Å². The molecule has 0 aliphatic heterocycles. The second kappa shape index (κ2) is 8.62. The zero-order valence-electron chi connectivity index (χ0n) is 15.7. The number of benzene rings is 2. The molecule has 0 fully saturated rings. The molecule has 2 aromatic rings. The molecular formula is C20H23F2N3O2. The minimum Gasteiger partial charge on any atom is -0.331 e. The first-order chi connectivity index (χ1) is 12.7. The Hall–Kier alpha value is -2.96. The lowest BCUT2D eigenvalue weighted by atomic mass is 10.1. The Morgan fingerprint density at radius 1 is 1.07 bits per heavy atom. The van der Waals surface area contributed by atoms with Gasteiger partial charge in [0.1, 0.15) is 11.6 Å². The largest absolute Gasteiger partial charge is 0.331 e. The van der Waals surface area contributed by atoms with Gasteiger partial charge in [-0.3, -0.25) is 4.79 Å². The van der Waals surface area contributed by atoms with Crippen molar-refractivity contribution >= 4 is 17.6 Å². The number of rotatable bonds is 5. The fourth-order valence-electron chi connectivity index (χ4n) is 2.68. The molecule has 0 aromatic heterocycles. The van der Waals surface area contributed by atoms with E-state index in [0.29, 0.717) is 5.69 Å². The first-order valence-corrected chi connectivity index (χ1v) is 8.55. The quantitative estimate of drug-likeness (QED) is 0.814. The van der Waals surface area contributed by atoms with E-state index < -0.39 is 23.7 Å². The van der Waals surface area contributed by atoms with Gasteiger partial charge >= 0.3 is 6.03 Å². The molecule has 2 rings (SSSR count). The smallest absolute Gasteiger partial charge is 0.318 e. The number of urea groups is 1. The maximum absolute atomic E-state index is 14.0. The summed E-state index contributed by atoms with van der Waals surface area (Å²) in [5.74, 6) is -1.32. The van der Waals surface area contributed by atoms with E-state index in [1.165, 1.54) is 18.9 Å². The molecule has 0 spiro atoms. The predicted molar refractivity (Wildman–Crippen MR) is 100 cm³/mol. The molecule has 0 radical (unpaired) electrons. The second-order valence-corrected chi connectivity index (χ2v) is 6.43. The van der Waals surface area contributed by atoms with Gasteiger partial charge in [-0.15, -0.1) is 0 Å². The zero-order chi connectivity index (χ0) is 20.1. The third-order valence-corrected chi connectivity index (χ3v) is 4.36. The van der Waals surface area contributed by atoms with E-state index in [2.05, 4.69) is 10.6 Å². The predicted octanol–water partition coefficient (Wildman–Crippen LogP) is 4.39. The van der Waals surface area contributed by atoms with Crippen LogP contribution >= 0.6 is 0 Å². The van der Waals surface area contributed by atoms with E-state index in [-0.39, 0.29) is 17.5 Å². The molecule has 0 heterocycles. The van der Waals surface area contributed by atoms with Gasteiger partial charge < -0.3 is 15.5 Å². The highest BCUT2D eigenvalue weighted by molar-refractivity contribution is 5.88. The highest BCUT2D eigenvalue weighted by Gasteiger charge is 2.22. The summed E-state index contributed by atoms with van der Waals surface area (Å²) in [5.41, 5.74) is 1.53. The second-order valence-electron chi connectivity index (χ2n) is 6.43. The van der Waals surface area contributed by atoms with Crippen LogP contribution in [0.15, 0.2) is 42.5 Å². The minimum atomic E-state index is -0.654. The van der Waals surface area contributed by atoms with E-state index in [9.17, 15) is 18.4 Å². The molecule has 2 aromatic carbocycles. The summed E-state index contributed by atoms with van der Waals surface area (Å²) in [5, 5.41) is 5.51. The zero-order valence-corrected chi connectivity index (χ0v) is 15.7. The summed E-state index contributed by atoms with van der Waals surface area (Å²) in [6.45, 7) is 4.84. The van der Waals surface area contributed by atoms with Gasteiger partial charge in [0.15, 0.2) is 0 Å². The van der Waals surface area contributed by atoms with Crippen molar-refractivity contribution in [2.75, 3.05) is 12.4 Å². The van der Waals surface area contributed by atoms with E-state index >= 15 is 0 Å². The van der Waals surface area contributed by atoms with Crippen molar-refractivity contribution in [3.8, 4) is 0 Å². The maximum atomic E-state index is 14.0. The lowest BCUT2D eigenvalue weighted by Gasteiger charge is -2.28. The van der Waals surface area contributed by atoms with Gasteiger partial charge in [-0.1, -0.05) is 12.1 Å². The molecule has 0 saturated carbocycles. The van der Waals surface area contributed by atoms with Crippen LogP contribution in [0.25, 0.3) is 0 Å². The molecule has 144 valence electrons. The summed E-state index contributed by atoms with van der Waals surface area (Å²) in [6, 6.07) is 8.86. The Kier molecular flexibility index (Phi) is 6.50. The molecule has 2 N–H and O–H groups in total. The molecule has 0 aliphatic carbocycles. The Balaban J connectivity index is 2.09. The monoisotopic (exact) mass is 375 g/mol. The fourth-order valence-corrected chi connectivity index (χ4v) is 2.68.